The lowest BCUT2D eigenvalue weighted by Crippen LogP contribution is -2.49. The van der Waals surface area contributed by atoms with Crippen molar-refractivity contribution in [2.75, 3.05) is 20.3 Å². The molecule has 0 spiro atoms. The molecule has 1 atom stereocenters. The van der Waals surface area contributed by atoms with Crippen LogP contribution in [-0.2, 0) is 9.53 Å². The molecule has 4 nitrogen and oxygen atoms in total. The van der Waals surface area contributed by atoms with Gasteiger partial charge in [-0.25, -0.2) is 4.39 Å². The Morgan fingerprint density at radius 3 is 2.75 bits per heavy atom. The third-order valence-electron chi connectivity index (χ3n) is 3.29. The topological polar surface area (TPSA) is 47.6 Å². The molecule has 1 aromatic rings. The van der Waals surface area contributed by atoms with Crippen LogP contribution in [0.25, 0.3) is 0 Å². The van der Waals surface area contributed by atoms with Crippen molar-refractivity contribution in [1.29, 1.82) is 0 Å². The van der Waals surface area contributed by atoms with Crippen LogP contribution in [0.3, 0.4) is 0 Å². The summed E-state index contributed by atoms with van der Waals surface area (Å²) in [6.07, 6.45) is 0.385. The van der Waals surface area contributed by atoms with Crippen LogP contribution in [0.5, 0.6) is 5.75 Å². The Labute approximate surface area is 119 Å². The Balaban J connectivity index is 2.61. The molecule has 0 saturated carbocycles. The Hall–Kier alpha value is -1.62. The van der Waals surface area contributed by atoms with Crippen molar-refractivity contribution in [1.82, 2.24) is 5.32 Å². The predicted octanol–water partition coefficient (Wildman–Crippen LogP) is 2.44. The number of carbonyl (C=O) groups is 1. The van der Waals surface area contributed by atoms with E-state index in [1.807, 2.05) is 0 Å². The van der Waals surface area contributed by atoms with E-state index >= 15 is 0 Å². The number of ether oxygens (including phenoxy) is 2. The Morgan fingerprint density at radius 2 is 2.15 bits per heavy atom. The minimum Gasteiger partial charge on any atom is -0.490 e. The van der Waals surface area contributed by atoms with Crippen molar-refractivity contribution in [2.24, 2.45) is 0 Å². The molecule has 0 fully saturated rings. The van der Waals surface area contributed by atoms with Gasteiger partial charge in [0.25, 0.3) is 0 Å². The van der Waals surface area contributed by atoms with Crippen molar-refractivity contribution in [3.63, 3.8) is 0 Å². The van der Waals surface area contributed by atoms with Gasteiger partial charge in [-0.15, -0.1) is 0 Å². The van der Waals surface area contributed by atoms with Crippen molar-refractivity contribution < 1.29 is 18.7 Å². The van der Waals surface area contributed by atoms with E-state index in [1.54, 1.807) is 46.0 Å². The standard InChI is InChI=1S/C15H22FNO3/c1-5-19-14(18)15(3,17-4)9-10-20-12-8-6-7-11(2)13(12)16/h6-8,17H,5,9-10H2,1-4H3. The summed E-state index contributed by atoms with van der Waals surface area (Å²) in [6.45, 7) is 5.71. The lowest BCUT2D eigenvalue weighted by molar-refractivity contribution is -0.150. The van der Waals surface area contributed by atoms with Gasteiger partial charge in [0.15, 0.2) is 11.6 Å². The molecule has 0 amide bonds. The number of hydrogen-bond donors (Lipinski definition) is 1. The van der Waals surface area contributed by atoms with Gasteiger partial charge in [-0.05, 0) is 39.4 Å². The van der Waals surface area contributed by atoms with E-state index in [9.17, 15) is 9.18 Å². The second kappa shape index (κ2) is 7.24. The molecule has 0 radical (unpaired) electrons. The number of benzene rings is 1. The first-order valence-corrected chi connectivity index (χ1v) is 6.68. The van der Waals surface area contributed by atoms with Crippen LogP contribution < -0.4 is 10.1 Å². The molecular weight excluding hydrogens is 261 g/mol. The molecule has 1 aromatic carbocycles. The van der Waals surface area contributed by atoms with Crippen molar-refractivity contribution in [3.05, 3.63) is 29.6 Å². The number of nitrogens with one attached hydrogen (secondary N) is 1. The minimum absolute atomic E-state index is 0.201. The van der Waals surface area contributed by atoms with Crippen LogP contribution in [0.1, 0.15) is 25.8 Å². The summed E-state index contributed by atoms with van der Waals surface area (Å²) in [5.41, 5.74) is -0.305. The average molecular weight is 283 g/mol. The Morgan fingerprint density at radius 1 is 1.45 bits per heavy atom. The highest BCUT2D eigenvalue weighted by molar-refractivity contribution is 5.80. The molecular formula is C15H22FNO3. The van der Waals surface area contributed by atoms with Crippen LogP contribution >= 0.6 is 0 Å². The van der Waals surface area contributed by atoms with Crippen LogP contribution in [-0.4, -0.2) is 31.8 Å². The third-order valence-corrected chi connectivity index (χ3v) is 3.29. The molecule has 1 unspecified atom stereocenters. The minimum atomic E-state index is -0.837. The third kappa shape index (κ3) is 3.93. The van der Waals surface area contributed by atoms with E-state index in [2.05, 4.69) is 5.32 Å². The zero-order valence-corrected chi connectivity index (χ0v) is 12.5. The van der Waals surface area contributed by atoms with Crippen molar-refractivity contribution in [3.8, 4) is 5.75 Å². The highest BCUT2D eigenvalue weighted by atomic mass is 19.1. The molecule has 0 saturated heterocycles. The number of esters is 1. The Kier molecular flexibility index (Phi) is 5.95. The van der Waals surface area contributed by atoms with Crippen molar-refractivity contribution in [2.45, 2.75) is 32.7 Å². The zero-order chi connectivity index (χ0) is 15.2. The molecule has 5 heteroatoms. The molecule has 0 aliphatic heterocycles. The molecule has 0 aliphatic carbocycles. The predicted molar refractivity (Wildman–Crippen MR) is 75.3 cm³/mol. The number of halogens is 1. The van der Waals surface area contributed by atoms with Gasteiger partial charge in [0.1, 0.15) is 5.54 Å². The lowest BCUT2D eigenvalue weighted by atomic mass is 9.99. The van der Waals surface area contributed by atoms with Gasteiger partial charge in [-0.3, -0.25) is 4.79 Å². The monoisotopic (exact) mass is 283 g/mol. The average Bonchev–Trinajstić information content (AvgIpc) is 2.43. The van der Waals surface area contributed by atoms with Crippen LogP contribution in [0.2, 0.25) is 0 Å². The summed E-state index contributed by atoms with van der Waals surface area (Å²) >= 11 is 0. The second-order valence-electron chi connectivity index (χ2n) is 4.79. The van der Waals surface area contributed by atoms with Crippen molar-refractivity contribution >= 4 is 5.97 Å². The van der Waals surface area contributed by atoms with Gasteiger partial charge in [-0.1, -0.05) is 12.1 Å². The number of likely N-dealkylation sites (N-methyl/N-ethyl adjacent to an activating group) is 1. The SMILES string of the molecule is CCOC(=O)C(C)(CCOc1cccc(C)c1F)NC. The molecule has 1 rings (SSSR count). The summed E-state index contributed by atoms with van der Waals surface area (Å²) in [7, 11) is 1.68. The molecule has 0 aliphatic rings. The van der Waals surface area contributed by atoms with E-state index in [0.717, 1.165) is 0 Å². The van der Waals surface area contributed by atoms with Gasteiger partial charge in [0.2, 0.25) is 0 Å². The summed E-state index contributed by atoms with van der Waals surface area (Å²) in [5, 5.41) is 2.93. The molecule has 1 N–H and O–H groups in total. The first-order chi connectivity index (χ1) is 9.44. The van der Waals surface area contributed by atoms with E-state index in [1.165, 1.54) is 0 Å². The lowest BCUT2D eigenvalue weighted by Gasteiger charge is -2.26. The number of rotatable bonds is 7. The fourth-order valence-electron chi connectivity index (χ4n) is 1.72. The van der Waals surface area contributed by atoms with Gasteiger partial charge in [-0.2, -0.15) is 0 Å². The van der Waals surface area contributed by atoms with E-state index in [-0.39, 0.29) is 24.1 Å². The van der Waals surface area contributed by atoms with Gasteiger partial charge >= 0.3 is 5.97 Å². The smallest absolute Gasteiger partial charge is 0.326 e. The number of carbonyl (C=O) groups excluding carboxylic acids is 1. The summed E-state index contributed by atoms with van der Waals surface area (Å²) in [6, 6.07) is 4.98. The van der Waals surface area contributed by atoms with Crippen LogP contribution in [0.15, 0.2) is 18.2 Å². The number of hydrogen-bond acceptors (Lipinski definition) is 4. The summed E-state index contributed by atoms with van der Waals surface area (Å²) < 4.78 is 24.2. The molecule has 0 aromatic heterocycles. The summed E-state index contributed by atoms with van der Waals surface area (Å²) in [5.74, 6) is -0.502. The van der Waals surface area contributed by atoms with Crippen LogP contribution in [0, 0.1) is 12.7 Å². The van der Waals surface area contributed by atoms with Crippen LogP contribution in [0.4, 0.5) is 4.39 Å². The maximum Gasteiger partial charge on any atom is 0.326 e. The van der Waals surface area contributed by atoms with Gasteiger partial charge in [0, 0.05) is 6.42 Å². The molecule has 112 valence electrons. The fraction of sp³-hybridized carbons (Fsp3) is 0.533. The maximum atomic E-state index is 13.8. The largest absolute Gasteiger partial charge is 0.490 e. The summed E-state index contributed by atoms with van der Waals surface area (Å²) in [4.78, 5) is 11.8. The zero-order valence-electron chi connectivity index (χ0n) is 12.5. The highest BCUT2D eigenvalue weighted by Gasteiger charge is 2.32. The quantitative estimate of drug-likeness (QED) is 0.781. The second-order valence-corrected chi connectivity index (χ2v) is 4.79. The molecule has 0 heterocycles. The maximum absolute atomic E-state index is 13.8. The fourth-order valence-corrected chi connectivity index (χ4v) is 1.72. The molecule has 20 heavy (non-hydrogen) atoms. The first-order valence-electron chi connectivity index (χ1n) is 6.68. The Bertz CT molecular complexity index is 464. The van der Waals surface area contributed by atoms with Gasteiger partial charge in [0.05, 0.1) is 13.2 Å². The number of aryl methyl sites for hydroxylation is 1. The van der Waals surface area contributed by atoms with Gasteiger partial charge < -0.3 is 14.8 Å². The molecule has 0 bridgehead atoms. The highest BCUT2D eigenvalue weighted by Crippen LogP contribution is 2.21. The van der Waals surface area contributed by atoms with E-state index in [0.29, 0.717) is 18.6 Å². The normalized spacial score (nSPS) is 13.7. The van der Waals surface area contributed by atoms with E-state index in [4.69, 9.17) is 9.47 Å². The van der Waals surface area contributed by atoms with E-state index < -0.39 is 5.54 Å². The first kappa shape index (κ1) is 16.4.